The van der Waals surface area contributed by atoms with Gasteiger partial charge in [0.25, 0.3) is 0 Å². The Morgan fingerprint density at radius 1 is 1.00 bits per heavy atom. The Kier molecular flexibility index (Phi) is 4.41. The summed E-state index contributed by atoms with van der Waals surface area (Å²) in [5.41, 5.74) is 2.62. The summed E-state index contributed by atoms with van der Waals surface area (Å²) < 4.78 is 11.2. The molecule has 0 aromatic heterocycles. The highest BCUT2D eigenvalue weighted by molar-refractivity contribution is 5.44. The van der Waals surface area contributed by atoms with Crippen molar-refractivity contribution in [1.29, 1.82) is 0 Å². The average Bonchev–Trinajstić information content (AvgIpc) is 2.56. The van der Waals surface area contributed by atoms with Crippen molar-refractivity contribution in [2.45, 2.75) is 18.9 Å². The van der Waals surface area contributed by atoms with Crippen LogP contribution < -0.4 is 14.8 Å². The Balaban J connectivity index is 1.71. The Bertz CT molecular complexity index is 583. The third-order valence-electron chi connectivity index (χ3n) is 3.88. The molecule has 0 saturated heterocycles. The standard InChI is InChI=1S/C18H21NO2/c1-19-16(9-7-14-5-3-2-4-6-14)15-8-10-17-18(13-15)21-12-11-20-17/h2-6,8,10,13,16,19H,7,9,11-12H2,1H3. The van der Waals surface area contributed by atoms with Gasteiger partial charge in [0.2, 0.25) is 0 Å². The van der Waals surface area contributed by atoms with Crippen LogP contribution in [0.4, 0.5) is 0 Å². The van der Waals surface area contributed by atoms with E-state index in [-0.39, 0.29) is 0 Å². The number of hydrogen-bond donors (Lipinski definition) is 1. The van der Waals surface area contributed by atoms with Gasteiger partial charge >= 0.3 is 0 Å². The Morgan fingerprint density at radius 2 is 1.76 bits per heavy atom. The molecule has 0 fully saturated rings. The van der Waals surface area contributed by atoms with Crippen molar-refractivity contribution in [2.24, 2.45) is 0 Å². The zero-order valence-electron chi connectivity index (χ0n) is 12.3. The third-order valence-corrected chi connectivity index (χ3v) is 3.88. The van der Waals surface area contributed by atoms with Crippen molar-refractivity contribution in [3.63, 3.8) is 0 Å². The van der Waals surface area contributed by atoms with Crippen LogP contribution in [0.3, 0.4) is 0 Å². The van der Waals surface area contributed by atoms with E-state index in [2.05, 4.69) is 47.8 Å². The maximum atomic E-state index is 5.67. The van der Waals surface area contributed by atoms with Gasteiger partial charge in [-0.05, 0) is 43.1 Å². The van der Waals surface area contributed by atoms with E-state index in [9.17, 15) is 0 Å². The average molecular weight is 283 g/mol. The SMILES string of the molecule is CNC(CCc1ccccc1)c1ccc2c(c1)OCCO2. The van der Waals surface area contributed by atoms with Crippen LogP contribution in [0.5, 0.6) is 11.5 Å². The predicted molar refractivity (Wildman–Crippen MR) is 84.0 cm³/mol. The minimum absolute atomic E-state index is 0.320. The second-order valence-corrected chi connectivity index (χ2v) is 5.27. The largest absolute Gasteiger partial charge is 0.486 e. The van der Waals surface area contributed by atoms with Crippen molar-refractivity contribution < 1.29 is 9.47 Å². The molecule has 0 saturated carbocycles. The van der Waals surface area contributed by atoms with E-state index in [1.165, 1.54) is 11.1 Å². The lowest BCUT2D eigenvalue weighted by atomic mass is 9.98. The number of ether oxygens (including phenoxy) is 2. The van der Waals surface area contributed by atoms with E-state index >= 15 is 0 Å². The summed E-state index contributed by atoms with van der Waals surface area (Å²) in [4.78, 5) is 0. The van der Waals surface area contributed by atoms with Gasteiger partial charge in [-0.3, -0.25) is 0 Å². The van der Waals surface area contributed by atoms with Crippen LogP contribution in [0.1, 0.15) is 23.6 Å². The van der Waals surface area contributed by atoms with E-state index in [0.717, 1.165) is 24.3 Å². The first-order valence-corrected chi connectivity index (χ1v) is 7.47. The molecular formula is C18H21NO2. The zero-order chi connectivity index (χ0) is 14.5. The maximum absolute atomic E-state index is 5.67. The molecule has 110 valence electrons. The van der Waals surface area contributed by atoms with E-state index in [1.807, 2.05) is 13.1 Å². The van der Waals surface area contributed by atoms with E-state index in [1.54, 1.807) is 0 Å². The summed E-state index contributed by atoms with van der Waals surface area (Å²) in [5, 5.41) is 3.40. The second-order valence-electron chi connectivity index (χ2n) is 5.27. The number of hydrogen-bond acceptors (Lipinski definition) is 3. The molecule has 2 aromatic rings. The molecule has 1 aliphatic rings. The van der Waals surface area contributed by atoms with Gasteiger partial charge in [-0.2, -0.15) is 0 Å². The highest BCUT2D eigenvalue weighted by atomic mass is 16.6. The van der Waals surface area contributed by atoms with Crippen LogP contribution in [0, 0.1) is 0 Å². The summed E-state index contributed by atoms with van der Waals surface area (Å²) >= 11 is 0. The van der Waals surface area contributed by atoms with Gasteiger partial charge in [-0.15, -0.1) is 0 Å². The maximum Gasteiger partial charge on any atom is 0.161 e. The summed E-state index contributed by atoms with van der Waals surface area (Å²) in [5.74, 6) is 1.71. The van der Waals surface area contributed by atoms with Crippen molar-refractivity contribution in [3.8, 4) is 11.5 Å². The smallest absolute Gasteiger partial charge is 0.161 e. The lowest BCUT2D eigenvalue weighted by molar-refractivity contribution is 0.171. The van der Waals surface area contributed by atoms with Crippen LogP contribution in [0.2, 0.25) is 0 Å². The number of aryl methyl sites for hydroxylation is 1. The highest BCUT2D eigenvalue weighted by Gasteiger charge is 2.15. The van der Waals surface area contributed by atoms with Crippen LogP contribution in [0.15, 0.2) is 48.5 Å². The van der Waals surface area contributed by atoms with Gasteiger partial charge in [0, 0.05) is 6.04 Å². The molecule has 0 amide bonds. The first kappa shape index (κ1) is 14.0. The molecule has 1 aliphatic heterocycles. The lowest BCUT2D eigenvalue weighted by Crippen LogP contribution is -2.19. The van der Waals surface area contributed by atoms with Gasteiger partial charge in [0.1, 0.15) is 13.2 Å². The fourth-order valence-electron chi connectivity index (χ4n) is 2.71. The molecule has 3 nitrogen and oxygen atoms in total. The first-order chi connectivity index (χ1) is 10.4. The topological polar surface area (TPSA) is 30.5 Å². The van der Waals surface area contributed by atoms with Crippen molar-refractivity contribution in [2.75, 3.05) is 20.3 Å². The lowest BCUT2D eigenvalue weighted by Gasteiger charge is -2.22. The molecule has 1 unspecified atom stereocenters. The quantitative estimate of drug-likeness (QED) is 0.913. The molecule has 0 aliphatic carbocycles. The van der Waals surface area contributed by atoms with Gasteiger partial charge < -0.3 is 14.8 Å². The minimum atomic E-state index is 0.320. The minimum Gasteiger partial charge on any atom is -0.486 e. The summed E-state index contributed by atoms with van der Waals surface area (Å²) in [6, 6.07) is 17.1. The van der Waals surface area contributed by atoms with Gasteiger partial charge in [0.05, 0.1) is 0 Å². The molecule has 1 heterocycles. The molecule has 1 N–H and O–H groups in total. The van der Waals surface area contributed by atoms with E-state index in [4.69, 9.17) is 9.47 Å². The molecular weight excluding hydrogens is 262 g/mol. The summed E-state index contributed by atoms with van der Waals surface area (Å²) in [6.07, 6.45) is 2.11. The van der Waals surface area contributed by atoms with Crippen molar-refractivity contribution in [3.05, 3.63) is 59.7 Å². The fourth-order valence-corrected chi connectivity index (χ4v) is 2.71. The summed E-state index contributed by atoms with van der Waals surface area (Å²) in [7, 11) is 2.01. The van der Waals surface area contributed by atoms with Crippen LogP contribution in [-0.4, -0.2) is 20.3 Å². The van der Waals surface area contributed by atoms with Crippen LogP contribution >= 0.6 is 0 Å². The molecule has 0 bridgehead atoms. The monoisotopic (exact) mass is 283 g/mol. The number of rotatable bonds is 5. The summed E-state index contributed by atoms with van der Waals surface area (Å²) in [6.45, 7) is 1.26. The van der Waals surface area contributed by atoms with E-state index in [0.29, 0.717) is 19.3 Å². The fraction of sp³-hybridized carbons (Fsp3) is 0.333. The predicted octanol–water partition coefficient (Wildman–Crippen LogP) is 3.35. The van der Waals surface area contributed by atoms with Crippen molar-refractivity contribution >= 4 is 0 Å². The molecule has 0 spiro atoms. The number of nitrogens with one attached hydrogen (secondary N) is 1. The Morgan fingerprint density at radius 3 is 2.52 bits per heavy atom. The third kappa shape index (κ3) is 3.37. The van der Waals surface area contributed by atoms with Crippen LogP contribution in [-0.2, 0) is 6.42 Å². The number of benzene rings is 2. The molecule has 0 radical (unpaired) electrons. The highest BCUT2D eigenvalue weighted by Crippen LogP contribution is 2.33. The first-order valence-electron chi connectivity index (χ1n) is 7.47. The van der Waals surface area contributed by atoms with Gasteiger partial charge in [0.15, 0.2) is 11.5 Å². The molecule has 1 atom stereocenters. The Hall–Kier alpha value is -2.00. The van der Waals surface area contributed by atoms with Crippen LogP contribution in [0.25, 0.3) is 0 Å². The zero-order valence-corrected chi connectivity index (χ0v) is 12.3. The molecule has 21 heavy (non-hydrogen) atoms. The Labute approximate surface area is 125 Å². The molecule has 3 rings (SSSR count). The number of fused-ring (bicyclic) bond motifs is 1. The van der Waals surface area contributed by atoms with Gasteiger partial charge in [-0.1, -0.05) is 36.4 Å². The second kappa shape index (κ2) is 6.64. The molecule has 2 aromatic carbocycles. The molecule has 3 heteroatoms. The van der Waals surface area contributed by atoms with Gasteiger partial charge in [-0.25, -0.2) is 0 Å². The van der Waals surface area contributed by atoms with E-state index < -0.39 is 0 Å². The normalized spacial score (nSPS) is 14.7. The van der Waals surface area contributed by atoms with Crippen molar-refractivity contribution in [1.82, 2.24) is 5.32 Å².